The van der Waals surface area contributed by atoms with Crippen LogP contribution in [0.1, 0.15) is 18.4 Å². The summed E-state index contributed by atoms with van der Waals surface area (Å²) in [6.45, 7) is 1.24. The molecule has 0 aliphatic rings. The fraction of sp³-hybridized carbons (Fsp3) is 0.267. The molecule has 0 aromatic heterocycles. The van der Waals surface area contributed by atoms with E-state index < -0.39 is 23.0 Å². The summed E-state index contributed by atoms with van der Waals surface area (Å²) in [6, 6.07) is 15.0. The van der Waals surface area contributed by atoms with Crippen molar-refractivity contribution in [3.8, 4) is 24.3 Å². The van der Waals surface area contributed by atoms with Gasteiger partial charge in [0.05, 0.1) is 30.2 Å². The van der Waals surface area contributed by atoms with E-state index in [1.807, 2.05) is 0 Å². The van der Waals surface area contributed by atoms with Gasteiger partial charge < -0.3 is 0 Å². The summed E-state index contributed by atoms with van der Waals surface area (Å²) >= 11 is 0. The zero-order chi connectivity index (χ0) is 15.2. The predicted molar refractivity (Wildman–Crippen MR) is 68.2 cm³/mol. The number of ketones is 1. The predicted octanol–water partition coefficient (Wildman–Crippen LogP) is 2.06. The van der Waals surface area contributed by atoms with Crippen molar-refractivity contribution in [2.45, 2.75) is 12.8 Å². The van der Waals surface area contributed by atoms with Gasteiger partial charge in [-0.2, -0.15) is 21.0 Å². The molecule has 0 fully saturated rings. The van der Waals surface area contributed by atoms with E-state index in [-0.39, 0.29) is 0 Å². The summed E-state index contributed by atoms with van der Waals surface area (Å²) in [6.07, 6.45) is 0. The molecule has 5 nitrogen and oxygen atoms in total. The molecular weight excluding hydrogens is 252 g/mol. The largest absolute Gasteiger partial charge is 0.299 e. The number of nitrogens with zero attached hydrogens (tertiary/aromatic N) is 4. The first-order valence-electron chi connectivity index (χ1n) is 5.74. The molecule has 1 aromatic carbocycles. The quantitative estimate of drug-likeness (QED) is 0.824. The van der Waals surface area contributed by atoms with Gasteiger partial charge in [0, 0.05) is 0 Å². The van der Waals surface area contributed by atoms with Gasteiger partial charge in [0.1, 0.15) is 5.78 Å². The minimum Gasteiger partial charge on any atom is -0.299 e. The van der Waals surface area contributed by atoms with Crippen LogP contribution in [0.15, 0.2) is 30.3 Å². The summed E-state index contributed by atoms with van der Waals surface area (Å²) in [5.41, 5.74) is -1.57. The van der Waals surface area contributed by atoms with Crippen molar-refractivity contribution in [3.05, 3.63) is 35.9 Å². The maximum absolute atomic E-state index is 11.9. The monoisotopic (exact) mass is 262 g/mol. The van der Waals surface area contributed by atoms with Crippen molar-refractivity contribution in [1.29, 1.82) is 21.0 Å². The van der Waals surface area contributed by atoms with Crippen molar-refractivity contribution in [3.63, 3.8) is 0 Å². The molecule has 5 heteroatoms. The molecule has 1 rings (SSSR count). The molecule has 1 aromatic rings. The number of hydrogen-bond acceptors (Lipinski definition) is 5. The highest BCUT2D eigenvalue weighted by atomic mass is 16.1. The SMILES string of the molecule is CC(=O)[C@@H](c1ccccc1)C(C#N)(C#N)C(C#N)C#N. The van der Waals surface area contributed by atoms with Gasteiger partial charge in [-0.1, -0.05) is 30.3 Å². The fourth-order valence-corrected chi connectivity index (χ4v) is 2.15. The normalized spacial score (nSPS) is 11.5. The van der Waals surface area contributed by atoms with Crippen LogP contribution in [-0.2, 0) is 4.79 Å². The standard InChI is InChI=1S/C15H10N4O/c1-11(20)14(12-5-3-2-4-6-12)15(9-18,10-19)13(7-16)8-17/h2-6,13-14H,1H3/t14-/m0/s1. The van der Waals surface area contributed by atoms with Crippen molar-refractivity contribution >= 4 is 5.78 Å². The third kappa shape index (κ3) is 2.35. The first-order chi connectivity index (χ1) is 9.57. The summed E-state index contributed by atoms with van der Waals surface area (Å²) < 4.78 is 0. The average molecular weight is 262 g/mol. The van der Waals surface area contributed by atoms with Crippen LogP contribution in [0.4, 0.5) is 0 Å². The van der Waals surface area contributed by atoms with E-state index in [1.54, 1.807) is 54.6 Å². The Labute approximate surface area is 116 Å². The minimum atomic E-state index is -2.02. The second kappa shape index (κ2) is 6.14. The van der Waals surface area contributed by atoms with E-state index in [9.17, 15) is 15.3 Å². The molecule has 0 unspecified atom stereocenters. The third-order valence-electron chi connectivity index (χ3n) is 3.08. The molecule has 0 saturated heterocycles. The lowest BCUT2D eigenvalue weighted by molar-refractivity contribution is -0.120. The highest BCUT2D eigenvalue weighted by Crippen LogP contribution is 2.42. The average Bonchev–Trinajstić information content (AvgIpc) is 2.47. The van der Waals surface area contributed by atoms with Gasteiger partial charge in [-0.3, -0.25) is 4.79 Å². The molecule has 0 amide bonds. The molecule has 0 bridgehead atoms. The van der Waals surface area contributed by atoms with E-state index >= 15 is 0 Å². The van der Waals surface area contributed by atoms with Gasteiger partial charge in [0.2, 0.25) is 0 Å². The lowest BCUT2D eigenvalue weighted by Gasteiger charge is -2.28. The number of hydrogen-bond donors (Lipinski definition) is 0. The number of rotatable bonds is 4. The van der Waals surface area contributed by atoms with Crippen LogP contribution >= 0.6 is 0 Å². The molecule has 0 spiro atoms. The van der Waals surface area contributed by atoms with Crippen LogP contribution in [0.5, 0.6) is 0 Å². The van der Waals surface area contributed by atoms with Gasteiger partial charge in [0.25, 0.3) is 0 Å². The van der Waals surface area contributed by atoms with E-state index in [0.29, 0.717) is 5.56 Å². The van der Waals surface area contributed by atoms with Crippen LogP contribution in [0.2, 0.25) is 0 Å². The zero-order valence-corrected chi connectivity index (χ0v) is 10.7. The van der Waals surface area contributed by atoms with Crippen LogP contribution in [0, 0.1) is 56.7 Å². The lowest BCUT2D eigenvalue weighted by Crippen LogP contribution is -2.36. The number of benzene rings is 1. The second-order valence-electron chi connectivity index (χ2n) is 4.24. The Balaban J connectivity index is 3.58. The van der Waals surface area contributed by atoms with Gasteiger partial charge in [-0.15, -0.1) is 0 Å². The maximum Gasteiger partial charge on any atom is 0.186 e. The van der Waals surface area contributed by atoms with E-state index in [2.05, 4.69) is 0 Å². The summed E-state index contributed by atoms with van der Waals surface area (Å²) in [7, 11) is 0. The topological polar surface area (TPSA) is 112 Å². The van der Waals surface area contributed by atoms with E-state index in [4.69, 9.17) is 10.5 Å². The fourth-order valence-electron chi connectivity index (χ4n) is 2.15. The molecule has 0 radical (unpaired) electrons. The highest BCUT2D eigenvalue weighted by molar-refractivity contribution is 5.86. The van der Waals surface area contributed by atoms with Crippen LogP contribution < -0.4 is 0 Å². The molecule has 0 aliphatic carbocycles. The molecule has 0 heterocycles. The molecule has 0 N–H and O–H groups in total. The van der Waals surface area contributed by atoms with Crippen molar-refractivity contribution in [2.75, 3.05) is 0 Å². The van der Waals surface area contributed by atoms with Gasteiger partial charge in [-0.25, -0.2) is 0 Å². The lowest BCUT2D eigenvalue weighted by atomic mass is 9.65. The smallest absolute Gasteiger partial charge is 0.186 e. The Morgan fingerprint density at radius 1 is 1.05 bits per heavy atom. The molecule has 0 aliphatic heterocycles. The first kappa shape index (κ1) is 14.9. The Hall–Kier alpha value is -3.15. The van der Waals surface area contributed by atoms with Gasteiger partial charge in [-0.05, 0) is 12.5 Å². The molecular formula is C15H10N4O. The Morgan fingerprint density at radius 2 is 1.55 bits per heavy atom. The van der Waals surface area contributed by atoms with Gasteiger partial charge >= 0.3 is 0 Å². The minimum absolute atomic E-state index is 0.435. The molecule has 96 valence electrons. The highest BCUT2D eigenvalue weighted by Gasteiger charge is 2.50. The van der Waals surface area contributed by atoms with Crippen molar-refractivity contribution in [1.82, 2.24) is 0 Å². The van der Waals surface area contributed by atoms with Crippen LogP contribution in [0.25, 0.3) is 0 Å². The molecule has 1 atom stereocenters. The Bertz CT molecular complexity index is 639. The first-order valence-corrected chi connectivity index (χ1v) is 5.74. The third-order valence-corrected chi connectivity index (χ3v) is 3.08. The molecule has 20 heavy (non-hydrogen) atoms. The Kier molecular flexibility index (Phi) is 4.58. The summed E-state index contributed by atoms with van der Waals surface area (Å²) in [4.78, 5) is 11.9. The molecule has 0 saturated carbocycles. The summed E-state index contributed by atoms with van der Waals surface area (Å²) in [5.74, 6) is -3.08. The number of nitriles is 4. The number of carbonyl (C=O) groups excluding carboxylic acids is 1. The van der Waals surface area contributed by atoms with Crippen molar-refractivity contribution in [2.24, 2.45) is 11.3 Å². The zero-order valence-electron chi connectivity index (χ0n) is 10.7. The van der Waals surface area contributed by atoms with Crippen LogP contribution in [-0.4, -0.2) is 5.78 Å². The second-order valence-corrected chi connectivity index (χ2v) is 4.24. The maximum atomic E-state index is 11.9. The number of Topliss-reactive ketones (excluding diaryl/α,β-unsaturated/α-hetero) is 1. The number of carbonyl (C=O) groups is 1. The van der Waals surface area contributed by atoms with Crippen LogP contribution in [0.3, 0.4) is 0 Å². The Morgan fingerprint density at radius 3 is 1.90 bits per heavy atom. The van der Waals surface area contributed by atoms with E-state index in [0.717, 1.165) is 0 Å². The van der Waals surface area contributed by atoms with E-state index in [1.165, 1.54) is 6.92 Å². The van der Waals surface area contributed by atoms with Crippen molar-refractivity contribution < 1.29 is 4.79 Å². The van der Waals surface area contributed by atoms with Gasteiger partial charge in [0.15, 0.2) is 11.3 Å². The summed E-state index contributed by atoms with van der Waals surface area (Å²) in [5, 5.41) is 36.8.